The van der Waals surface area contributed by atoms with Crippen LogP contribution in [-0.2, 0) is 32.6 Å². The van der Waals surface area contributed by atoms with Gasteiger partial charge in [-0.2, -0.15) is 17.5 Å². The quantitative estimate of drug-likeness (QED) is 0.530. The van der Waals surface area contributed by atoms with E-state index in [0.29, 0.717) is 31.7 Å². The molecule has 13 heteroatoms. The molecule has 2 aromatic rings. The first-order chi connectivity index (χ1) is 16.8. The summed E-state index contributed by atoms with van der Waals surface area (Å²) >= 11 is 0. The van der Waals surface area contributed by atoms with E-state index in [1.54, 1.807) is 29.2 Å². The molecule has 3 rings (SSSR count). The average Bonchev–Trinajstić information content (AvgIpc) is 2.85. The maximum Gasteiger partial charge on any atom is 0.490 e. The molecule has 0 aliphatic carbocycles. The minimum absolute atomic E-state index is 0.00400. The summed E-state index contributed by atoms with van der Waals surface area (Å²) in [6, 6.07) is 12.3. The highest BCUT2D eigenvalue weighted by atomic mass is 32.2. The Labute approximate surface area is 206 Å². The van der Waals surface area contributed by atoms with Crippen LogP contribution in [0.5, 0.6) is 0 Å². The van der Waals surface area contributed by atoms with E-state index < -0.39 is 28.0 Å². The average molecular weight is 534 g/mol. The molecule has 1 saturated heterocycles. The van der Waals surface area contributed by atoms with E-state index in [2.05, 4.69) is 5.32 Å². The fourth-order valence-corrected chi connectivity index (χ4v) is 4.61. The number of hydrogen-bond acceptors (Lipinski definition) is 5. The fraction of sp³-hybridized carbons (Fsp3) is 0.391. The minimum Gasteiger partial charge on any atom is -0.475 e. The van der Waals surface area contributed by atoms with Crippen molar-refractivity contribution in [2.24, 2.45) is 0 Å². The molecule has 1 heterocycles. The molecule has 0 aromatic heterocycles. The van der Waals surface area contributed by atoms with Gasteiger partial charge in [-0.05, 0) is 41.8 Å². The molecule has 0 bridgehead atoms. The van der Waals surface area contributed by atoms with Gasteiger partial charge in [-0.15, -0.1) is 0 Å². The van der Waals surface area contributed by atoms with Gasteiger partial charge in [0.15, 0.2) is 0 Å². The number of sulfonamides is 1. The third-order valence-electron chi connectivity index (χ3n) is 5.27. The van der Waals surface area contributed by atoms with Gasteiger partial charge in [0.25, 0.3) is 0 Å². The summed E-state index contributed by atoms with van der Waals surface area (Å²) in [6.45, 7) is 4.22. The summed E-state index contributed by atoms with van der Waals surface area (Å²) < 4.78 is 72.7. The van der Waals surface area contributed by atoms with E-state index in [1.165, 1.54) is 28.6 Å². The Morgan fingerprint density at radius 3 is 1.97 bits per heavy atom. The number of amides is 1. The highest BCUT2D eigenvalue weighted by Gasteiger charge is 2.38. The van der Waals surface area contributed by atoms with Crippen molar-refractivity contribution < 1.29 is 40.7 Å². The number of nitrogens with one attached hydrogen (secondary N) is 1. The van der Waals surface area contributed by atoms with Crippen LogP contribution in [0, 0.1) is 5.82 Å². The molecule has 198 valence electrons. The second kappa shape index (κ2) is 12.8. The van der Waals surface area contributed by atoms with E-state index in [4.69, 9.17) is 9.90 Å². The van der Waals surface area contributed by atoms with Crippen LogP contribution >= 0.6 is 0 Å². The van der Waals surface area contributed by atoms with Crippen LogP contribution in [0.15, 0.2) is 53.4 Å². The van der Waals surface area contributed by atoms with Crippen molar-refractivity contribution in [2.75, 3.05) is 32.7 Å². The number of aliphatic carboxylic acids is 1. The molecule has 1 amide bonds. The lowest BCUT2D eigenvalue weighted by Crippen LogP contribution is -2.50. The number of alkyl halides is 3. The van der Waals surface area contributed by atoms with Crippen molar-refractivity contribution in [3.05, 3.63) is 65.5 Å². The third kappa shape index (κ3) is 8.57. The van der Waals surface area contributed by atoms with Crippen LogP contribution in [0.4, 0.5) is 17.6 Å². The molecular weight excluding hydrogens is 506 g/mol. The molecule has 1 aliphatic heterocycles. The second-order valence-corrected chi connectivity index (χ2v) is 9.77. The van der Waals surface area contributed by atoms with E-state index in [1.807, 2.05) is 6.92 Å². The predicted molar refractivity (Wildman–Crippen MR) is 123 cm³/mol. The zero-order valence-electron chi connectivity index (χ0n) is 19.5. The molecular formula is C23H27F4N3O5S. The van der Waals surface area contributed by atoms with E-state index in [-0.39, 0.29) is 23.9 Å². The molecule has 0 saturated carbocycles. The molecule has 0 radical (unpaired) electrons. The number of carboxylic acids is 1. The third-order valence-corrected chi connectivity index (χ3v) is 7.07. The van der Waals surface area contributed by atoms with E-state index in [0.717, 1.165) is 12.0 Å². The lowest BCUT2D eigenvalue weighted by atomic mass is 10.2. The van der Waals surface area contributed by atoms with Gasteiger partial charge in [-0.25, -0.2) is 17.6 Å². The summed E-state index contributed by atoms with van der Waals surface area (Å²) in [6.07, 6.45) is -4.28. The van der Waals surface area contributed by atoms with Gasteiger partial charge in [0.2, 0.25) is 15.9 Å². The smallest absolute Gasteiger partial charge is 0.475 e. The van der Waals surface area contributed by atoms with Crippen molar-refractivity contribution in [3.8, 4) is 0 Å². The summed E-state index contributed by atoms with van der Waals surface area (Å²) in [5.41, 5.74) is 1.65. The maximum atomic E-state index is 13.3. The van der Waals surface area contributed by atoms with Gasteiger partial charge < -0.3 is 15.3 Å². The first-order valence-corrected chi connectivity index (χ1v) is 12.4. The number of benzene rings is 2. The van der Waals surface area contributed by atoms with Gasteiger partial charge in [-0.1, -0.05) is 31.2 Å². The number of hydrogen-bond donors (Lipinski definition) is 2. The number of aryl methyl sites for hydroxylation is 1. The van der Waals surface area contributed by atoms with E-state index in [9.17, 15) is 30.8 Å². The largest absolute Gasteiger partial charge is 0.490 e. The molecule has 2 aromatic carbocycles. The van der Waals surface area contributed by atoms with Crippen LogP contribution in [0.25, 0.3) is 0 Å². The Bertz CT molecular complexity index is 1120. The predicted octanol–water partition coefficient (Wildman–Crippen LogP) is 2.64. The maximum absolute atomic E-state index is 13.3. The van der Waals surface area contributed by atoms with Gasteiger partial charge in [-0.3, -0.25) is 4.79 Å². The normalized spacial score (nSPS) is 14.2. The molecule has 1 fully saturated rings. The Morgan fingerprint density at radius 1 is 1.00 bits per heavy atom. The van der Waals surface area contributed by atoms with Crippen LogP contribution < -0.4 is 5.32 Å². The number of rotatable bonds is 7. The summed E-state index contributed by atoms with van der Waals surface area (Å²) in [4.78, 5) is 23.5. The fourth-order valence-electron chi connectivity index (χ4n) is 3.23. The Hall–Kier alpha value is -3.03. The number of carboxylic acid groups (broad SMARTS) is 1. The zero-order valence-corrected chi connectivity index (χ0v) is 20.3. The highest BCUT2D eigenvalue weighted by molar-refractivity contribution is 7.89. The van der Waals surface area contributed by atoms with Crippen molar-refractivity contribution in [1.82, 2.24) is 14.5 Å². The van der Waals surface area contributed by atoms with Crippen molar-refractivity contribution >= 4 is 21.9 Å². The molecule has 0 atom stereocenters. The Morgan fingerprint density at radius 2 is 1.50 bits per heavy atom. The number of piperazine rings is 1. The SMILES string of the molecule is CCc1ccc(S(=O)(=O)N(CC(=O)N2CCNCC2)Cc2ccc(F)cc2)cc1.O=C(O)C(F)(F)F. The minimum atomic E-state index is -5.08. The molecule has 2 N–H and O–H groups in total. The number of halogens is 4. The van der Waals surface area contributed by atoms with Crippen LogP contribution in [0.3, 0.4) is 0 Å². The van der Waals surface area contributed by atoms with Crippen LogP contribution in [-0.4, -0.2) is 73.5 Å². The lowest BCUT2D eigenvalue weighted by molar-refractivity contribution is -0.192. The molecule has 0 spiro atoms. The number of carbonyl (C=O) groups is 2. The van der Waals surface area contributed by atoms with Crippen molar-refractivity contribution in [2.45, 2.75) is 31.0 Å². The molecule has 36 heavy (non-hydrogen) atoms. The Balaban J connectivity index is 0.000000572. The van der Waals surface area contributed by atoms with Gasteiger partial charge in [0.05, 0.1) is 11.4 Å². The number of carbonyl (C=O) groups excluding carboxylic acids is 1. The molecule has 0 unspecified atom stereocenters. The Kier molecular flexibility index (Phi) is 10.4. The summed E-state index contributed by atoms with van der Waals surface area (Å²) in [7, 11) is -3.89. The molecule has 8 nitrogen and oxygen atoms in total. The van der Waals surface area contributed by atoms with Crippen molar-refractivity contribution in [3.63, 3.8) is 0 Å². The van der Waals surface area contributed by atoms with Gasteiger partial charge in [0.1, 0.15) is 5.82 Å². The van der Waals surface area contributed by atoms with Crippen LogP contribution in [0.2, 0.25) is 0 Å². The number of nitrogens with zero attached hydrogens (tertiary/aromatic N) is 2. The highest BCUT2D eigenvalue weighted by Crippen LogP contribution is 2.20. The zero-order chi connectivity index (χ0) is 26.9. The topological polar surface area (TPSA) is 107 Å². The standard InChI is InChI=1S/C21H26FN3O3S.C2HF3O2/c1-2-17-5-9-20(10-6-17)29(27,28)25(15-18-3-7-19(22)8-4-18)16-21(26)24-13-11-23-12-14-24;3-2(4,5)1(6)7/h3-10,23H,2,11-16H2,1H3;(H,6,7). The first kappa shape index (κ1) is 29.2. The monoisotopic (exact) mass is 533 g/mol. The van der Waals surface area contributed by atoms with Gasteiger partial charge >= 0.3 is 12.1 Å². The van der Waals surface area contributed by atoms with Crippen molar-refractivity contribution in [1.29, 1.82) is 0 Å². The lowest BCUT2D eigenvalue weighted by Gasteiger charge is -2.30. The summed E-state index contributed by atoms with van der Waals surface area (Å²) in [5, 5.41) is 10.3. The second-order valence-electron chi connectivity index (χ2n) is 7.83. The van der Waals surface area contributed by atoms with Crippen LogP contribution in [0.1, 0.15) is 18.1 Å². The first-order valence-electron chi connectivity index (χ1n) is 11.0. The summed E-state index contributed by atoms with van der Waals surface area (Å²) in [5.74, 6) is -3.38. The van der Waals surface area contributed by atoms with Gasteiger partial charge in [0, 0.05) is 32.7 Å². The van der Waals surface area contributed by atoms with E-state index >= 15 is 0 Å². The molecule has 1 aliphatic rings.